The molecule has 9 aromatic rings. The van der Waals surface area contributed by atoms with Gasteiger partial charge < -0.3 is 0 Å². The molecule has 3 nitrogen and oxygen atoms in total. The van der Waals surface area contributed by atoms with Crippen LogP contribution < -0.4 is 10.4 Å². The molecule has 8 aromatic carbocycles. The SMILES string of the molecule is C/C=c1\c(=C/CC2=CC3c4c(cccc4-c4ccc(-c5nc(-c6ccccc6)nc(-c6cccc7c6C(C)(C)c6ccccc6-7)n5)cc4)SC3C=C2)c2ccccc2c2ccccc12. The summed E-state index contributed by atoms with van der Waals surface area (Å²) >= 11 is 1.98. The van der Waals surface area contributed by atoms with Gasteiger partial charge in [0, 0.05) is 38.2 Å². The van der Waals surface area contributed by atoms with Crippen LogP contribution in [-0.2, 0) is 5.41 Å². The van der Waals surface area contributed by atoms with Crippen LogP contribution in [0.4, 0.5) is 0 Å². The summed E-state index contributed by atoms with van der Waals surface area (Å²) in [4.78, 5) is 16.9. The average Bonchev–Trinajstić information content (AvgIpc) is 3.84. The van der Waals surface area contributed by atoms with E-state index in [-0.39, 0.29) is 11.3 Å². The van der Waals surface area contributed by atoms with Gasteiger partial charge in [0.05, 0.1) is 0 Å². The minimum absolute atomic E-state index is 0.205. The summed E-state index contributed by atoms with van der Waals surface area (Å²) in [6, 6.07) is 58.9. The summed E-state index contributed by atoms with van der Waals surface area (Å²) in [5, 5.41) is 8.23. The van der Waals surface area contributed by atoms with Crippen molar-refractivity contribution in [3.8, 4) is 56.4 Å². The number of benzene rings is 8. The molecule has 12 rings (SSSR count). The summed E-state index contributed by atoms with van der Waals surface area (Å²) < 4.78 is 0. The molecule has 0 saturated carbocycles. The predicted octanol–water partition coefficient (Wildman–Crippen LogP) is 13.9. The Balaban J connectivity index is 0.908. The van der Waals surface area contributed by atoms with Crippen molar-refractivity contribution in [3.05, 3.63) is 215 Å². The van der Waals surface area contributed by atoms with E-state index >= 15 is 0 Å². The van der Waals surface area contributed by atoms with Gasteiger partial charge in [0.15, 0.2) is 17.5 Å². The lowest BCUT2D eigenvalue weighted by atomic mass is 9.80. The molecule has 0 fully saturated rings. The monoisotopic (exact) mass is 839 g/mol. The van der Waals surface area contributed by atoms with E-state index in [2.05, 4.69) is 197 Å². The van der Waals surface area contributed by atoms with Crippen molar-refractivity contribution in [2.75, 3.05) is 0 Å². The van der Waals surface area contributed by atoms with Crippen LogP contribution in [0.5, 0.6) is 0 Å². The van der Waals surface area contributed by atoms with Crippen molar-refractivity contribution in [2.24, 2.45) is 0 Å². The fourth-order valence-corrected chi connectivity index (χ4v) is 12.1. The molecule has 0 amide bonds. The summed E-state index contributed by atoms with van der Waals surface area (Å²) in [6.07, 6.45) is 12.9. The lowest BCUT2D eigenvalue weighted by Crippen LogP contribution is -2.26. The highest BCUT2D eigenvalue weighted by atomic mass is 32.2. The van der Waals surface area contributed by atoms with Gasteiger partial charge in [0.25, 0.3) is 0 Å². The lowest BCUT2D eigenvalue weighted by Gasteiger charge is -2.24. The normalized spacial score (nSPS) is 17.3. The lowest BCUT2D eigenvalue weighted by molar-refractivity contribution is 0.661. The molecule has 4 heteroatoms. The Morgan fingerprint density at radius 2 is 1.11 bits per heavy atom. The molecular weight excluding hydrogens is 795 g/mol. The van der Waals surface area contributed by atoms with Crippen molar-refractivity contribution in [1.29, 1.82) is 0 Å². The smallest absolute Gasteiger partial charge is 0.164 e. The highest BCUT2D eigenvalue weighted by Crippen LogP contribution is 2.53. The van der Waals surface area contributed by atoms with Crippen LogP contribution in [0.25, 0.3) is 90.1 Å². The van der Waals surface area contributed by atoms with Crippen LogP contribution in [0.1, 0.15) is 49.8 Å². The highest BCUT2D eigenvalue weighted by Gasteiger charge is 2.38. The molecule has 0 N–H and O–H groups in total. The number of aromatic nitrogens is 3. The fraction of sp³-hybridized carbons (Fsp3) is 0.117. The molecule has 64 heavy (non-hydrogen) atoms. The van der Waals surface area contributed by atoms with E-state index in [1.54, 1.807) is 0 Å². The molecule has 0 spiro atoms. The third kappa shape index (κ3) is 6.23. The molecule has 1 aliphatic heterocycles. The first-order valence-corrected chi connectivity index (χ1v) is 23.2. The molecule has 2 atom stereocenters. The van der Waals surface area contributed by atoms with Crippen LogP contribution in [0.3, 0.4) is 0 Å². The van der Waals surface area contributed by atoms with E-state index in [0.29, 0.717) is 22.7 Å². The third-order valence-corrected chi connectivity index (χ3v) is 15.0. The number of allylic oxidation sites excluding steroid dienone is 3. The first-order valence-electron chi connectivity index (χ1n) is 22.3. The maximum absolute atomic E-state index is 5.26. The predicted molar refractivity (Wildman–Crippen MR) is 269 cm³/mol. The first-order chi connectivity index (χ1) is 31.4. The van der Waals surface area contributed by atoms with E-state index in [4.69, 9.17) is 15.0 Å². The quantitative estimate of drug-likeness (QED) is 0.156. The van der Waals surface area contributed by atoms with Crippen LogP contribution in [0.2, 0.25) is 0 Å². The van der Waals surface area contributed by atoms with Gasteiger partial charge in [0.2, 0.25) is 0 Å². The number of fused-ring (bicyclic) bond motifs is 9. The van der Waals surface area contributed by atoms with Crippen molar-refractivity contribution in [1.82, 2.24) is 15.0 Å². The first kappa shape index (κ1) is 38.5. The minimum Gasteiger partial charge on any atom is -0.208 e. The Bertz CT molecular complexity index is 3550. The Morgan fingerprint density at radius 1 is 0.531 bits per heavy atom. The molecule has 2 unspecified atom stereocenters. The summed E-state index contributed by atoms with van der Waals surface area (Å²) in [5.41, 5.74) is 13.1. The number of hydrogen-bond donors (Lipinski definition) is 0. The zero-order valence-electron chi connectivity index (χ0n) is 36.1. The van der Waals surface area contributed by atoms with Crippen LogP contribution >= 0.6 is 11.8 Å². The van der Waals surface area contributed by atoms with Crippen molar-refractivity contribution < 1.29 is 0 Å². The Labute approximate surface area is 378 Å². The van der Waals surface area contributed by atoms with Crippen molar-refractivity contribution in [2.45, 2.75) is 48.7 Å². The Morgan fingerprint density at radius 3 is 1.86 bits per heavy atom. The fourth-order valence-electron chi connectivity index (χ4n) is 10.7. The number of nitrogens with zero attached hydrogens (tertiary/aromatic N) is 3. The highest BCUT2D eigenvalue weighted by molar-refractivity contribution is 8.00. The zero-order valence-corrected chi connectivity index (χ0v) is 36.9. The Hall–Kier alpha value is -7.14. The standard InChI is InChI=1S/C60H45N3S/c1-4-41-43-18-8-9-19-44(43)45-20-10-11-21-46(45)47(41)34-28-37-29-35-53-51(36-37)55-42(23-15-27-54(55)64-53)38-30-32-40(33-31-38)58-61-57(39-16-6-5-7-17-39)62-59(63-58)50-25-14-24-49-48-22-12-13-26-52(48)60(2,3)56(49)50/h4-27,29-36,51,53H,28H2,1-3H3/b41-4-,47-34+. The van der Waals surface area contributed by atoms with Gasteiger partial charge in [-0.3, -0.25) is 0 Å². The van der Waals surface area contributed by atoms with E-state index in [1.165, 1.54) is 81.4 Å². The van der Waals surface area contributed by atoms with Gasteiger partial charge in [-0.2, -0.15) is 0 Å². The summed E-state index contributed by atoms with van der Waals surface area (Å²) in [5.74, 6) is 2.32. The van der Waals surface area contributed by atoms with E-state index in [9.17, 15) is 0 Å². The van der Waals surface area contributed by atoms with Crippen molar-refractivity contribution >= 4 is 45.5 Å². The largest absolute Gasteiger partial charge is 0.208 e. The molecule has 3 aliphatic rings. The van der Waals surface area contributed by atoms with E-state index < -0.39 is 0 Å². The third-order valence-electron chi connectivity index (χ3n) is 13.7. The molecule has 1 aromatic heterocycles. The maximum atomic E-state index is 5.26. The average molecular weight is 840 g/mol. The second kappa shape index (κ2) is 15.3. The maximum Gasteiger partial charge on any atom is 0.164 e. The molecular formula is C60H45N3S. The summed E-state index contributed by atoms with van der Waals surface area (Å²) in [6.45, 7) is 6.79. The molecule has 306 valence electrons. The number of rotatable bonds is 6. The van der Waals surface area contributed by atoms with Gasteiger partial charge in [-0.15, -0.1) is 11.8 Å². The van der Waals surface area contributed by atoms with Gasteiger partial charge in [-0.05, 0) is 95.9 Å². The number of hydrogen-bond acceptors (Lipinski definition) is 4. The molecule has 0 bridgehead atoms. The van der Waals surface area contributed by atoms with E-state index in [1.807, 2.05) is 30.0 Å². The van der Waals surface area contributed by atoms with Crippen molar-refractivity contribution in [3.63, 3.8) is 0 Å². The zero-order chi connectivity index (χ0) is 42.9. The number of thioether (sulfide) groups is 1. The van der Waals surface area contributed by atoms with Gasteiger partial charge >= 0.3 is 0 Å². The second-order valence-corrected chi connectivity index (χ2v) is 18.9. The van der Waals surface area contributed by atoms with Crippen LogP contribution in [0.15, 0.2) is 192 Å². The molecule has 2 aliphatic carbocycles. The van der Waals surface area contributed by atoms with Gasteiger partial charge in [0.1, 0.15) is 0 Å². The van der Waals surface area contributed by atoms with Crippen LogP contribution in [0, 0.1) is 0 Å². The second-order valence-electron chi connectivity index (χ2n) is 17.7. The summed E-state index contributed by atoms with van der Waals surface area (Å²) in [7, 11) is 0. The molecule has 0 saturated heterocycles. The molecule has 2 heterocycles. The molecule has 0 radical (unpaired) electrons. The van der Waals surface area contributed by atoms with Gasteiger partial charge in [-0.25, -0.2) is 15.0 Å². The van der Waals surface area contributed by atoms with E-state index in [0.717, 1.165) is 23.1 Å². The minimum atomic E-state index is -0.205. The van der Waals surface area contributed by atoms with Gasteiger partial charge in [-0.1, -0.05) is 202 Å². The van der Waals surface area contributed by atoms with Crippen LogP contribution in [-0.4, -0.2) is 20.2 Å². The Kier molecular flexibility index (Phi) is 9.20. The topological polar surface area (TPSA) is 38.7 Å².